The number of rotatable bonds is 4. The third kappa shape index (κ3) is 3.28. The molecule has 1 aliphatic rings. The lowest BCUT2D eigenvalue weighted by Crippen LogP contribution is -2.28. The molecule has 0 amide bonds. The average molecular weight is 298 g/mol. The Hall–Kier alpha value is -2.35. The van der Waals surface area contributed by atoms with Gasteiger partial charge in [0.15, 0.2) is 0 Å². The number of nitrogens with one attached hydrogen (secondary N) is 1. The first-order valence-corrected chi connectivity index (χ1v) is 7.67. The molecular formula is C17H19FN4. The topological polar surface area (TPSA) is 53.6 Å². The highest BCUT2D eigenvalue weighted by Gasteiger charge is 2.22. The number of hydrogen-bond acceptors (Lipinski definition) is 3. The average Bonchev–Trinajstić information content (AvgIpc) is 2.97. The Morgan fingerprint density at radius 3 is 3.00 bits per heavy atom. The third-order valence-corrected chi connectivity index (χ3v) is 4.20. The Morgan fingerprint density at radius 2 is 2.18 bits per heavy atom. The minimum absolute atomic E-state index is 0.134. The zero-order chi connectivity index (χ0) is 15.4. The van der Waals surface area contributed by atoms with Crippen LogP contribution in [0.2, 0.25) is 0 Å². The molecule has 1 aromatic heterocycles. The molecule has 1 saturated carbocycles. The molecule has 2 unspecified atom stereocenters. The molecule has 1 aliphatic carbocycles. The van der Waals surface area contributed by atoms with E-state index in [1.807, 2.05) is 12.1 Å². The second-order valence-corrected chi connectivity index (χ2v) is 5.80. The molecule has 1 heterocycles. The zero-order valence-electron chi connectivity index (χ0n) is 12.4. The largest absolute Gasteiger partial charge is 0.367 e. The van der Waals surface area contributed by atoms with E-state index in [-0.39, 0.29) is 17.8 Å². The molecule has 2 aromatic rings. The predicted molar refractivity (Wildman–Crippen MR) is 82.7 cm³/mol. The summed E-state index contributed by atoms with van der Waals surface area (Å²) < 4.78 is 15.5. The number of halogens is 1. The van der Waals surface area contributed by atoms with Crippen LogP contribution in [0.5, 0.6) is 0 Å². The zero-order valence-corrected chi connectivity index (χ0v) is 12.4. The van der Waals surface area contributed by atoms with E-state index in [0.29, 0.717) is 12.1 Å². The van der Waals surface area contributed by atoms with Crippen LogP contribution in [0, 0.1) is 23.1 Å². The van der Waals surface area contributed by atoms with Crippen molar-refractivity contribution in [2.24, 2.45) is 5.92 Å². The van der Waals surface area contributed by atoms with Crippen molar-refractivity contribution in [3.05, 3.63) is 47.9 Å². The summed E-state index contributed by atoms with van der Waals surface area (Å²) in [5.74, 6) is 0.798. The fourth-order valence-corrected chi connectivity index (χ4v) is 3.02. The molecular weight excluding hydrogens is 279 g/mol. The number of nitrogens with zero attached hydrogens (tertiary/aromatic N) is 3. The summed E-state index contributed by atoms with van der Waals surface area (Å²) in [5.41, 5.74) is 0.618. The fraction of sp³-hybridized carbons (Fsp3) is 0.412. The SMILES string of the molecule is N#CC1CCCC(Nc2ccnn2Cc2ccccc2F)C1. The molecule has 0 bridgehead atoms. The quantitative estimate of drug-likeness (QED) is 0.939. The summed E-state index contributed by atoms with van der Waals surface area (Å²) in [7, 11) is 0. The lowest BCUT2D eigenvalue weighted by molar-refractivity contribution is 0.393. The van der Waals surface area contributed by atoms with E-state index in [9.17, 15) is 4.39 Å². The molecule has 0 radical (unpaired) electrons. The van der Waals surface area contributed by atoms with Crippen LogP contribution < -0.4 is 5.32 Å². The fourth-order valence-electron chi connectivity index (χ4n) is 3.02. The second-order valence-electron chi connectivity index (χ2n) is 5.80. The maximum atomic E-state index is 13.8. The van der Waals surface area contributed by atoms with Crippen molar-refractivity contribution in [3.8, 4) is 6.07 Å². The summed E-state index contributed by atoms with van der Waals surface area (Å²) in [6.07, 6.45) is 5.69. The molecule has 2 atom stereocenters. The van der Waals surface area contributed by atoms with Crippen LogP contribution in [0.15, 0.2) is 36.5 Å². The molecule has 0 spiro atoms. The number of benzene rings is 1. The lowest BCUT2D eigenvalue weighted by Gasteiger charge is -2.27. The van der Waals surface area contributed by atoms with Gasteiger partial charge in [-0.1, -0.05) is 24.6 Å². The van der Waals surface area contributed by atoms with Crippen molar-refractivity contribution in [2.45, 2.75) is 38.3 Å². The molecule has 5 heteroatoms. The van der Waals surface area contributed by atoms with Crippen LogP contribution in [0.3, 0.4) is 0 Å². The third-order valence-electron chi connectivity index (χ3n) is 4.20. The van der Waals surface area contributed by atoms with Gasteiger partial charge in [-0.3, -0.25) is 0 Å². The van der Waals surface area contributed by atoms with Gasteiger partial charge in [0.25, 0.3) is 0 Å². The molecule has 0 saturated heterocycles. The van der Waals surface area contributed by atoms with Crippen molar-refractivity contribution in [2.75, 3.05) is 5.32 Å². The number of aromatic nitrogens is 2. The number of hydrogen-bond donors (Lipinski definition) is 1. The number of anilines is 1. The lowest BCUT2D eigenvalue weighted by atomic mass is 9.87. The Bertz CT molecular complexity index is 673. The summed E-state index contributed by atoms with van der Waals surface area (Å²) >= 11 is 0. The highest BCUT2D eigenvalue weighted by molar-refractivity contribution is 5.36. The van der Waals surface area contributed by atoms with Gasteiger partial charge in [0, 0.05) is 23.6 Å². The highest BCUT2D eigenvalue weighted by atomic mass is 19.1. The molecule has 0 aliphatic heterocycles. The summed E-state index contributed by atoms with van der Waals surface area (Å²) in [6.45, 7) is 0.399. The van der Waals surface area contributed by atoms with Crippen molar-refractivity contribution in [1.82, 2.24) is 9.78 Å². The van der Waals surface area contributed by atoms with Gasteiger partial charge in [0.2, 0.25) is 0 Å². The van der Waals surface area contributed by atoms with Crippen LogP contribution in [0.1, 0.15) is 31.2 Å². The van der Waals surface area contributed by atoms with Gasteiger partial charge >= 0.3 is 0 Å². The first-order chi connectivity index (χ1) is 10.8. The Labute approximate surface area is 129 Å². The van der Waals surface area contributed by atoms with Crippen LogP contribution in [-0.2, 0) is 6.54 Å². The van der Waals surface area contributed by atoms with Gasteiger partial charge in [-0.2, -0.15) is 10.4 Å². The molecule has 22 heavy (non-hydrogen) atoms. The van der Waals surface area contributed by atoms with E-state index in [0.717, 1.165) is 31.5 Å². The molecule has 1 fully saturated rings. The first kappa shape index (κ1) is 14.6. The van der Waals surface area contributed by atoms with E-state index in [4.69, 9.17) is 5.26 Å². The minimum atomic E-state index is -0.217. The molecule has 114 valence electrons. The van der Waals surface area contributed by atoms with Crippen LogP contribution >= 0.6 is 0 Å². The van der Waals surface area contributed by atoms with Crippen molar-refractivity contribution < 1.29 is 4.39 Å². The van der Waals surface area contributed by atoms with Crippen molar-refractivity contribution in [3.63, 3.8) is 0 Å². The Balaban J connectivity index is 1.70. The van der Waals surface area contributed by atoms with Crippen molar-refractivity contribution >= 4 is 5.82 Å². The first-order valence-electron chi connectivity index (χ1n) is 7.67. The normalized spacial score (nSPS) is 21.3. The minimum Gasteiger partial charge on any atom is -0.367 e. The van der Waals surface area contributed by atoms with E-state index in [1.54, 1.807) is 23.0 Å². The second kappa shape index (κ2) is 6.61. The van der Waals surface area contributed by atoms with Gasteiger partial charge in [0.1, 0.15) is 11.6 Å². The Morgan fingerprint density at radius 1 is 1.32 bits per heavy atom. The smallest absolute Gasteiger partial charge is 0.128 e. The summed E-state index contributed by atoms with van der Waals surface area (Å²) in [6, 6.07) is 11.3. The number of nitriles is 1. The summed E-state index contributed by atoms with van der Waals surface area (Å²) in [5, 5.41) is 16.8. The van der Waals surface area contributed by atoms with Crippen molar-refractivity contribution in [1.29, 1.82) is 5.26 Å². The molecule has 4 nitrogen and oxygen atoms in total. The molecule has 1 N–H and O–H groups in total. The van der Waals surface area contributed by atoms with E-state index in [1.165, 1.54) is 6.07 Å². The predicted octanol–water partition coefficient (Wildman–Crippen LogP) is 3.56. The van der Waals surface area contributed by atoms with Gasteiger partial charge in [0.05, 0.1) is 18.8 Å². The summed E-state index contributed by atoms with van der Waals surface area (Å²) in [4.78, 5) is 0. The van der Waals surface area contributed by atoms with E-state index in [2.05, 4.69) is 16.5 Å². The van der Waals surface area contributed by atoms with Gasteiger partial charge < -0.3 is 5.32 Å². The van der Waals surface area contributed by atoms with Crippen LogP contribution in [0.25, 0.3) is 0 Å². The monoisotopic (exact) mass is 298 g/mol. The standard InChI is InChI=1S/C17H19FN4/c18-16-7-2-1-5-14(16)12-22-17(8-9-20-22)21-15-6-3-4-13(10-15)11-19/h1-2,5,7-9,13,15,21H,3-4,6,10,12H2. The highest BCUT2D eigenvalue weighted by Crippen LogP contribution is 2.26. The molecule has 1 aromatic carbocycles. The van der Waals surface area contributed by atoms with E-state index >= 15 is 0 Å². The maximum absolute atomic E-state index is 13.8. The molecule has 3 rings (SSSR count). The Kier molecular flexibility index (Phi) is 4.38. The van der Waals surface area contributed by atoms with Crippen LogP contribution in [-0.4, -0.2) is 15.8 Å². The van der Waals surface area contributed by atoms with Gasteiger partial charge in [-0.15, -0.1) is 0 Å². The van der Waals surface area contributed by atoms with E-state index < -0.39 is 0 Å². The van der Waals surface area contributed by atoms with Gasteiger partial charge in [-0.25, -0.2) is 9.07 Å². The van der Waals surface area contributed by atoms with Gasteiger partial charge in [-0.05, 0) is 25.3 Å². The van der Waals surface area contributed by atoms with Crippen LogP contribution in [0.4, 0.5) is 10.2 Å². The maximum Gasteiger partial charge on any atom is 0.128 e.